The van der Waals surface area contributed by atoms with E-state index in [1.54, 1.807) is 36.5 Å². The maximum Gasteiger partial charge on any atom is 0.253 e. The van der Waals surface area contributed by atoms with Crippen LogP contribution >= 0.6 is 11.9 Å². The lowest BCUT2D eigenvalue weighted by atomic mass is 10.1. The Morgan fingerprint density at radius 1 is 0.935 bits per heavy atom. The second kappa shape index (κ2) is 12.2. The highest BCUT2D eigenvalue weighted by atomic mass is 32.2. The molecule has 0 spiro atoms. The van der Waals surface area contributed by atoms with Crippen LogP contribution in [0.5, 0.6) is 0 Å². The number of hydrogen-bond acceptors (Lipinski definition) is 8. The highest BCUT2D eigenvalue weighted by Gasteiger charge is 2.20. The van der Waals surface area contributed by atoms with Gasteiger partial charge in [-0.2, -0.15) is 0 Å². The first-order chi connectivity index (χ1) is 15.1. The molecule has 3 rings (SSSR count). The molecule has 1 aromatic heterocycles. The first-order valence-electron chi connectivity index (χ1n) is 10.4. The number of aromatic nitrogens is 1. The van der Waals surface area contributed by atoms with E-state index in [-0.39, 0.29) is 0 Å². The van der Waals surface area contributed by atoms with Gasteiger partial charge in [0.25, 0.3) is 10.9 Å². The van der Waals surface area contributed by atoms with Gasteiger partial charge in [-0.15, -0.1) is 4.47 Å². The molecule has 0 radical (unpaired) electrons. The second-order valence-corrected chi connectivity index (χ2v) is 8.32. The van der Waals surface area contributed by atoms with Crippen LogP contribution in [0.1, 0.15) is 31.2 Å². The van der Waals surface area contributed by atoms with Gasteiger partial charge in [0, 0.05) is 37.4 Å². The van der Waals surface area contributed by atoms with Crippen LogP contribution in [0.25, 0.3) is 0 Å². The van der Waals surface area contributed by atoms with E-state index >= 15 is 0 Å². The van der Waals surface area contributed by atoms with E-state index in [1.807, 2.05) is 41.8 Å². The van der Waals surface area contributed by atoms with Gasteiger partial charge in [0.05, 0.1) is 6.61 Å². The summed E-state index contributed by atoms with van der Waals surface area (Å²) in [7, 11) is 1.93. The van der Waals surface area contributed by atoms with Crippen LogP contribution in [0.4, 0.5) is 17.1 Å². The van der Waals surface area contributed by atoms with E-state index in [4.69, 9.17) is 4.84 Å². The number of benzene rings is 1. The zero-order valence-corrected chi connectivity index (χ0v) is 18.5. The van der Waals surface area contributed by atoms with E-state index in [0.29, 0.717) is 24.5 Å². The molecule has 2 aromatic carbocycles. The van der Waals surface area contributed by atoms with Gasteiger partial charge in [0.2, 0.25) is 0 Å². The summed E-state index contributed by atoms with van der Waals surface area (Å²) in [4.78, 5) is 33.3. The summed E-state index contributed by atoms with van der Waals surface area (Å²) in [5.41, 5.74) is 1.69. The van der Waals surface area contributed by atoms with Gasteiger partial charge in [-0.3, -0.25) is 19.4 Å². The van der Waals surface area contributed by atoms with Crippen molar-refractivity contribution in [3.05, 3.63) is 80.9 Å². The number of nitrogens with zero attached hydrogens (tertiary/aromatic N) is 2. The van der Waals surface area contributed by atoms with Crippen molar-refractivity contribution in [2.45, 2.75) is 32.3 Å². The van der Waals surface area contributed by atoms with Crippen molar-refractivity contribution in [3.8, 4) is 0 Å². The zero-order valence-electron chi connectivity index (χ0n) is 17.7. The molecular formula is C23H28N4O3S. The first kappa shape index (κ1) is 23.0. The highest BCUT2D eigenvalue weighted by molar-refractivity contribution is 7.96. The fourth-order valence-corrected chi connectivity index (χ4v) is 3.74. The lowest BCUT2D eigenvalue weighted by Crippen LogP contribution is -2.36. The predicted molar refractivity (Wildman–Crippen MR) is 127 cm³/mol. The molecule has 0 aliphatic heterocycles. The normalized spacial score (nSPS) is 11.2. The Hall–Kier alpha value is -2.68. The van der Waals surface area contributed by atoms with Crippen molar-refractivity contribution in [2.24, 2.45) is 0 Å². The summed E-state index contributed by atoms with van der Waals surface area (Å²) >= 11 is 1.67. The van der Waals surface area contributed by atoms with Crippen LogP contribution in [0.3, 0.4) is 0 Å². The van der Waals surface area contributed by atoms with Gasteiger partial charge in [-0.1, -0.05) is 55.1 Å². The Morgan fingerprint density at radius 3 is 2.42 bits per heavy atom. The average molecular weight is 441 g/mol. The molecule has 0 unspecified atom stereocenters. The SMILES string of the molecule is CN(OCc1ccccc1)SCCCCCCNc1c(Nc2ccncc2)c(=O)c1=O. The summed E-state index contributed by atoms with van der Waals surface area (Å²) in [5, 5.41) is 6.10. The third kappa shape index (κ3) is 7.20. The molecular weight excluding hydrogens is 412 g/mol. The quantitative estimate of drug-likeness (QED) is 0.168. The molecule has 7 nitrogen and oxygen atoms in total. The van der Waals surface area contributed by atoms with E-state index in [2.05, 4.69) is 15.6 Å². The van der Waals surface area contributed by atoms with E-state index in [0.717, 1.165) is 42.7 Å². The molecule has 0 aliphatic carbocycles. The van der Waals surface area contributed by atoms with Gasteiger partial charge in [0.1, 0.15) is 11.4 Å². The molecule has 0 atom stereocenters. The van der Waals surface area contributed by atoms with Crippen LogP contribution in [0.2, 0.25) is 0 Å². The highest BCUT2D eigenvalue weighted by Crippen LogP contribution is 2.20. The Kier molecular flexibility index (Phi) is 9.08. The molecule has 0 saturated carbocycles. The average Bonchev–Trinajstić information content (AvgIpc) is 2.81. The smallest absolute Gasteiger partial charge is 0.253 e. The summed E-state index contributed by atoms with van der Waals surface area (Å²) in [6.07, 6.45) is 7.47. The minimum Gasteiger partial charge on any atom is -0.380 e. The minimum absolute atomic E-state index is 0.339. The zero-order chi connectivity index (χ0) is 21.9. The molecule has 31 heavy (non-hydrogen) atoms. The van der Waals surface area contributed by atoms with Crippen LogP contribution < -0.4 is 21.5 Å². The lowest BCUT2D eigenvalue weighted by Gasteiger charge is -2.15. The third-order valence-electron chi connectivity index (χ3n) is 4.76. The topological polar surface area (TPSA) is 83.6 Å². The second-order valence-electron chi connectivity index (χ2n) is 7.14. The summed E-state index contributed by atoms with van der Waals surface area (Å²) in [6.45, 7) is 1.24. The monoisotopic (exact) mass is 440 g/mol. The molecule has 3 aromatic rings. The van der Waals surface area contributed by atoms with Crippen molar-refractivity contribution in [3.63, 3.8) is 0 Å². The summed E-state index contributed by atoms with van der Waals surface area (Å²) in [5.74, 6) is 0.997. The molecule has 2 N–H and O–H groups in total. The lowest BCUT2D eigenvalue weighted by molar-refractivity contribution is -0.0677. The van der Waals surface area contributed by atoms with Gasteiger partial charge in [0.15, 0.2) is 0 Å². The number of nitrogens with one attached hydrogen (secondary N) is 2. The van der Waals surface area contributed by atoms with Crippen LogP contribution in [0, 0.1) is 0 Å². The fourth-order valence-electron chi connectivity index (χ4n) is 3.02. The number of hydrogen-bond donors (Lipinski definition) is 2. The number of hydroxylamine groups is 1. The largest absolute Gasteiger partial charge is 0.380 e. The minimum atomic E-state index is -0.477. The predicted octanol–water partition coefficient (Wildman–Crippen LogP) is 4.11. The Labute approximate surface area is 186 Å². The maximum atomic E-state index is 11.8. The molecule has 164 valence electrons. The molecule has 8 heteroatoms. The molecule has 0 aliphatic rings. The van der Waals surface area contributed by atoms with Crippen molar-refractivity contribution >= 4 is 29.0 Å². The van der Waals surface area contributed by atoms with Gasteiger partial charge in [-0.05, 0) is 30.5 Å². The Balaban J connectivity index is 1.25. The number of anilines is 3. The maximum absolute atomic E-state index is 11.8. The molecule has 1 heterocycles. The summed E-state index contributed by atoms with van der Waals surface area (Å²) < 4.78 is 1.82. The molecule has 0 bridgehead atoms. The van der Waals surface area contributed by atoms with E-state index in [1.165, 1.54) is 0 Å². The standard InChI is InChI=1S/C23H28N4O3S/c1-27(30-17-18-9-5-4-6-10-18)31-16-8-3-2-7-13-25-20-21(23(29)22(20)28)26-19-11-14-24-15-12-19/h4-6,9-12,14-15,25H,2-3,7-8,13,16-17H2,1H3,(H,24,26). The Bertz CT molecular complexity index is 991. The first-order valence-corrected chi connectivity index (χ1v) is 11.4. The van der Waals surface area contributed by atoms with Gasteiger partial charge >= 0.3 is 0 Å². The number of unbranched alkanes of at least 4 members (excludes halogenated alkanes) is 3. The number of rotatable bonds is 14. The van der Waals surface area contributed by atoms with Crippen molar-refractivity contribution in [1.82, 2.24) is 9.45 Å². The van der Waals surface area contributed by atoms with Crippen LogP contribution in [-0.2, 0) is 11.4 Å². The van der Waals surface area contributed by atoms with Gasteiger partial charge in [-0.25, -0.2) is 0 Å². The van der Waals surface area contributed by atoms with Crippen LogP contribution in [-0.4, -0.2) is 28.8 Å². The summed E-state index contributed by atoms with van der Waals surface area (Å²) in [6, 6.07) is 13.6. The van der Waals surface area contributed by atoms with E-state index < -0.39 is 10.9 Å². The van der Waals surface area contributed by atoms with Gasteiger partial charge < -0.3 is 10.6 Å². The molecule has 0 amide bonds. The Morgan fingerprint density at radius 2 is 1.65 bits per heavy atom. The van der Waals surface area contributed by atoms with Crippen molar-refractivity contribution in [2.75, 3.05) is 30.0 Å². The molecule has 0 fully saturated rings. The van der Waals surface area contributed by atoms with Crippen molar-refractivity contribution < 1.29 is 4.84 Å². The fraction of sp³-hybridized carbons (Fsp3) is 0.348. The number of pyridine rings is 1. The van der Waals surface area contributed by atoms with E-state index in [9.17, 15) is 9.59 Å². The third-order valence-corrected chi connectivity index (χ3v) is 5.70. The molecule has 0 saturated heterocycles. The van der Waals surface area contributed by atoms with Crippen molar-refractivity contribution in [1.29, 1.82) is 0 Å². The van der Waals surface area contributed by atoms with Crippen LogP contribution in [0.15, 0.2) is 64.4 Å².